The number of nitrogens with zero attached hydrogens (tertiary/aromatic N) is 1. The molecule has 6 heteroatoms. The summed E-state index contributed by atoms with van der Waals surface area (Å²) < 4.78 is 37.7. The molecule has 108 valence electrons. The summed E-state index contributed by atoms with van der Waals surface area (Å²) in [6, 6.07) is 5.67. The van der Waals surface area contributed by atoms with Crippen LogP contribution in [0.15, 0.2) is 22.7 Å². The standard InChI is InChI=1S/C13H18BrF3N2/c1-3-18-9-10-4-5-11(14)8-12(10)19(2)7-6-13(15,16)17/h4-5,8,18H,3,6-7,9H2,1-2H3. The molecule has 0 bridgehead atoms. The zero-order chi connectivity index (χ0) is 14.5. The van der Waals surface area contributed by atoms with Gasteiger partial charge in [0.15, 0.2) is 0 Å². The second-order valence-electron chi connectivity index (χ2n) is 4.34. The molecule has 0 aliphatic heterocycles. The summed E-state index contributed by atoms with van der Waals surface area (Å²) in [5.41, 5.74) is 1.81. The Bertz CT molecular complexity index is 407. The summed E-state index contributed by atoms with van der Waals surface area (Å²) in [5, 5.41) is 3.19. The van der Waals surface area contributed by atoms with Gasteiger partial charge in [0, 0.05) is 30.3 Å². The van der Waals surface area contributed by atoms with Crippen LogP contribution >= 0.6 is 15.9 Å². The molecule has 0 unspecified atom stereocenters. The van der Waals surface area contributed by atoms with Crippen molar-refractivity contribution in [2.24, 2.45) is 0 Å². The third-order valence-electron chi connectivity index (χ3n) is 2.75. The zero-order valence-electron chi connectivity index (χ0n) is 11.0. The van der Waals surface area contributed by atoms with Gasteiger partial charge in [-0.2, -0.15) is 13.2 Å². The van der Waals surface area contributed by atoms with Gasteiger partial charge >= 0.3 is 6.18 Å². The van der Waals surface area contributed by atoms with Crippen molar-refractivity contribution >= 4 is 21.6 Å². The molecule has 1 aromatic rings. The number of hydrogen-bond donors (Lipinski definition) is 1. The Morgan fingerprint density at radius 2 is 2.00 bits per heavy atom. The van der Waals surface area contributed by atoms with Crippen LogP contribution in [0.5, 0.6) is 0 Å². The van der Waals surface area contributed by atoms with Gasteiger partial charge in [0.25, 0.3) is 0 Å². The third-order valence-corrected chi connectivity index (χ3v) is 3.25. The average Bonchev–Trinajstić information content (AvgIpc) is 2.33. The SMILES string of the molecule is CCNCc1ccc(Br)cc1N(C)CCC(F)(F)F. The van der Waals surface area contributed by atoms with Crippen molar-refractivity contribution in [3.8, 4) is 0 Å². The minimum atomic E-state index is -4.12. The van der Waals surface area contributed by atoms with Crippen molar-refractivity contribution < 1.29 is 13.2 Å². The molecule has 0 atom stereocenters. The predicted octanol–water partition coefficient (Wildman–Crippen LogP) is 3.95. The molecule has 2 nitrogen and oxygen atoms in total. The molecule has 1 N–H and O–H groups in total. The van der Waals surface area contributed by atoms with Crippen LogP contribution in [0.2, 0.25) is 0 Å². The largest absolute Gasteiger partial charge is 0.390 e. The number of benzene rings is 1. The van der Waals surface area contributed by atoms with Gasteiger partial charge in [-0.05, 0) is 24.2 Å². The van der Waals surface area contributed by atoms with Crippen LogP contribution in [0.25, 0.3) is 0 Å². The molecule has 0 fully saturated rings. The van der Waals surface area contributed by atoms with Gasteiger partial charge in [0.05, 0.1) is 6.42 Å². The number of hydrogen-bond acceptors (Lipinski definition) is 2. The maximum atomic E-state index is 12.3. The summed E-state index contributed by atoms with van der Waals surface area (Å²) in [5.74, 6) is 0. The van der Waals surface area contributed by atoms with E-state index in [-0.39, 0.29) is 6.54 Å². The normalized spacial score (nSPS) is 11.7. The lowest BCUT2D eigenvalue weighted by Crippen LogP contribution is -2.26. The minimum Gasteiger partial charge on any atom is -0.374 e. The second-order valence-corrected chi connectivity index (χ2v) is 5.26. The number of alkyl halides is 3. The van der Waals surface area contributed by atoms with Gasteiger partial charge in [-0.3, -0.25) is 0 Å². The number of nitrogens with one attached hydrogen (secondary N) is 1. The van der Waals surface area contributed by atoms with Crippen LogP contribution in [0.1, 0.15) is 18.9 Å². The fraction of sp³-hybridized carbons (Fsp3) is 0.538. The lowest BCUT2D eigenvalue weighted by molar-refractivity contribution is -0.132. The molecular weight excluding hydrogens is 321 g/mol. The highest BCUT2D eigenvalue weighted by molar-refractivity contribution is 9.10. The van der Waals surface area contributed by atoms with Crippen molar-refractivity contribution in [3.63, 3.8) is 0 Å². The Hall–Kier alpha value is -0.750. The molecule has 1 rings (SSSR count). The van der Waals surface area contributed by atoms with E-state index in [1.54, 1.807) is 11.9 Å². The number of anilines is 1. The van der Waals surface area contributed by atoms with Crippen LogP contribution in [0.3, 0.4) is 0 Å². The Kier molecular flexibility index (Phi) is 6.13. The quantitative estimate of drug-likeness (QED) is 0.844. The molecule has 0 heterocycles. The van der Waals surface area contributed by atoms with Crippen molar-refractivity contribution in [2.45, 2.75) is 26.1 Å². The summed E-state index contributed by atoms with van der Waals surface area (Å²) in [6.45, 7) is 3.42. The average molecular weight is 339 g/mol. The Morgan fingerprint density at radius 1 is 1.32 bits per heavy atom. The first-order chi connectivity index (χ1) is 8.83. The van der Waals surface area contributed by atoms with Gasteiger partial charge in [0.2, 0.25) is 0 Å². The van der Waals surface area contributed by atoms with E-state index in [4.69, 9.17) is 0 Å². The van der Waals surface area contributed by atoms with Gasteiger partial charge in [-0.1, -0.05) is 28.9 Å². The van der Waals surface area contributed by atoms with Gasteiger partial charge < -0.3 is 10.2 Å². The summed E-state index contributed by atoms with van der Waals surface area (Å²) in [6.07, 6.45) is -4.93. The maximum absolute atomic E-state index is 12.3. The fourth-order valence-corrected chi connectivity index (χ4v) is 2.07. The van der Waals surface area contributed by atoms with E-state index in [1.165, 1.54) is 0 Å². The lowest BCUT2D eigenvalue weighted by atomic mass is 10.1. The number of rotatable bonds is 6. The van der Waals surface area contributed by atoms with Crippen molar-refractivity contribution in [2.75, 3.05) is 25.0 Å². The molecule has 19 heavy (non-hydrogen) atoms. The van der Waals surface area contributed by atoms with Crippen LogP contribution in [-0.4, -0.2) is 26.3 Å². The molecule has 0 aliphatic carbocycles. The molecule has 0 aliphatic rings. The lowest BCUT2D eigenvalue weighted by Gasteiger charge is -2.23. The highest BCUT2D eigenvalue weighted by atomic mass is 79.9. The molecule has 0 radical (unpaired) electrons. The zero-order valence-corrected chi connectivity index (χ0v) is 12.6. The predicted molar refractivity (Wildman–Crippen MR) is 75.5 cm³/mol. The molecule has 0 aromatic heterocycles. The van der Waals surface area contributed by atoms with Crippen molar-refractivity contribution in [1.29, 1.82) is 0 Å². The molecular formula is C13H18BrF3N2. The first kappa shape index (κ1) is 16.3. The van der Waals surface area contributed by atoms with E-state index in [1.807, 2.05) is 25.1 Å². The van der Waals surface area contributed by atoms with E-state index in [2.05, 4.69) is 21.2 Å². The Labute approximate surface area is 120 Å². The van der Waals surface area contributed by atoms with Gasteiger partial charge in [-0.25, -0.2) is 0 Å². The summed E-state index contributed by atoms with van der Waals surface area (Å²) >= 11 is 3.35. The van der Waals surface area contributed by atoms with Crippen molar-refractivity contribution in [3.05, 3.63) is 28.2 Å². The maximum Gasteiger partial charge on any atom is 0.390 e. The van der Waals surface area contributed by atoms with E-state index in [0.717, 1.165) is 22.3 Å². The van der Waals surface area contributed by atoms with Crippen LogP contribution < -0.4 is 10.2 Å². The van der Waals surface area contributed by atoms with Crippen LogP contribution in [0, 0.1) is 0 Å². The first-order valence-corrected chi connectivity index (χ1v) is 6.90. The fourth-order valence-electron chi connectivity index (χ4n) is 1.72. The van der Waals surface area contributed by atoms with E-state index >= 15 is 0 Å². The van der Waals surface area contributed by atoms with Crippen molar-refractivity contribution in [1.82, 2.24) is 5.32 Å². The minimum absolute atomic E-state index is 0.0426. The first-order valence-electron chi connectivity index (χ1n) is 6.10. The molecule has 0 amide bonds. The third kappa shape index (κ3) is 5.82. The topological polar surface area (TPSA) is 15.3 Å². The highest BCUT2D eigenvalue weighted by Crippen LogP contribution is 2.26. The van der Waals surface area contributed by atoms with E-state index < -0.39 is 12.6 Å². The van der Waals surface area contributed by atoms with Gasteiger partial charge in [-0.15, -0.1) is 0 Å². The molecule has 0 saturated carbocycles. The van der Waals surface area contributed by atoms with Crippen LogP contribution in [0.4, 0.5) is 18.9 Å². The highest BCUT2D eigenvalue weighted by Gasteiger charge is 2.27. The molecule has 0 saturated heterocycles. The van der Waals surface area contributed by atoms with E-state index in [9.17, 15) is 13.2 Å². The van der Waals surface area contributed by atoms with Crippen LogP contribution in [-0.2, 0) is 6.54 Å². The molecule has 0 spiro atoms. The van der Waals surface area contributed by atoms with E-state index in [0.29, 0.717) is 6.54 Å². The smallest absolute Gasteiger partial charge is 0.374 e. The summed E-state index contributed by atoms with van der Waals surface area (Å²) in [4.78, 5) is 1.64. The monoisotopic (exact) mass is 338 g/mol. The Balaban J connectivity index is 2.81. The second kappa shape index (κ2) is 7.14. The Morgan fingerprint density at radius 3 is 2.58 bits per heavy atom. The summed E-state index contributed by atoms with van der Waals surface area (Å²) in [7, 11) is 1.68. The van der Waals surface area contributed by atoms with Gasteiger partial charge in [0.1, 0.15) is 0 Å². The number of halogens is 4. The molecule has 1 aromatic carbocycles.